The first kappa shape index (κ1) is 16.0. The van der Waals surface area contributed by atoms with Crippen LogP contribution in [0.1, 0.15) is 49.9 Å². The van der Waals surface area contributed by atoms with Gasteiger partial charge in [0.2, 0.25) is 10.0 Å². The molecule has 1 aromatic rings. The third kappa shape index (κ3) is 4.06. The molecule has 1 aliphatic carbocycles. The third-order valence-corrected chi connectivity index (χ3v) is 4.90. The van der Waals surface area contributed by atoms with Crippen LogP contribution >= 0.6 is 0 Å². The normalized spacial score (nSPS) is 21.8. The topological polar surface area (TPSA) is 63.2 Å². The first-order chi connectivity index (χ1) is 9.69. The summed E-state index contributed by atoms with van der Waals surface area (Å²) in [5, 5.41) is 0. The van der Waals surface area contributed by atoms with Crippen LogP contribution in [0, 0.1) is 11.3 Å². The van der Waals surface area contributed by atoms with Gasteiger partial charge in [-0.25, -0.2) is 8.42 Å². The smallest absolute Gasteiger partial charge is 0.229 e. The second-order valence-corrected chi connectivity index (χ2v) is 8.35. The molecule has 116 valence electrons. The molecule has 1 N–H and O–H groups in total. The van der Waals surface area contributed by atoms with E-state index in [2.05, 4.69) is 18.6 Å². The summed E-state index contributed by atoms with van der Waals surface area (Å²) in [6, 6.07) is 6.70. The van der Waals surface area contributed by atoms with Crippen molar-refractivity contribution in [1.29, 1.82) is 0 Å². The zero-order valence-corrected chi connectivity index (χ0v) is 13.7. The van der Waals surface area contributed by atoms with Gasteiger partial charge in [0.1, 0.15) is 0 Å². The van der Waals surface area contributed by atoms with Gasteiger partial charge in [-0.15, -0.1) is 0 Å². The molecule has 0 aliphatic heterocycles. The van der Waals surface area contributed by atoms with E-state index in [-0.39, 0.29) is 17.1 Å². The van der Waals surface area contributed by atoms with E-state index in [0.29, 0.717) is 11.3 Å². The largest absolute Gasteiger partial charge is 0.294 e. The lowest BCUT2D eigenvalue weighted by molar-refractivity contribution is 0.0697. The molecule has 0 spiro atoms. The van der Waals surface area contributed by atoms with Crippen molar-refractivity contribution < 1.29 is 13.2 Å². The molecule has 0 saturated heterocycles. The minimum absolute atomic E-state index is 0.0407. The van der Waals surface area contributed by atoms with Gasteiger partial charge in [0.25, 0.3) is 0 Å². The molecular weight excluding hydrogens is 286 g/mol. The highest BCUT2D eigenvalue weighted by Crippen LogP contribution is 2.42. The van der Waals surface area contributed by atoms with E-state index < -0.39 is 10.0 Å². The van der Waals surface area contributed by atoms with Crippen molar-refractivity contribution in [3.63, 3.8) is 0 Å². The van der Waals surface area contributed by atoms with Crippen LogP contribution in [0.2, 0.25) is 0 Å². The third-order valence-electron chi connectivity index (χ3n) is 4.30. The molecule has 0 aromatic heterocycles. The van der Waals surface area contributed by atoms with Gasteiger partial charge in [-0.05, 0) is 42.5 Å². The number of hydrogen-bond donors (Lipinski definition) is 1. The molecular formula is C16H23NO3S. The van der Waals surface area contributed by atoms with Crippen molar-refractivity contribution in [2.24, 2.45) is 11.3 Å². The number of nitrogens with one attached hydrogen (secondary N) is 1. The molecule has 0 radical (unpaired) electrons. The number of anilines is 1. The molecule has 1 aromatic carbocycles. The lowest BCUT2D eigenvalue weighted by atomic mass is 9.66. The number of ketones is 1. The molecule has 1 unspecified atom stereocenters. The highest BCUT2D eigenvalue weighted by molar-refractivity contribution is 7.92. The van der Waals surface area contributed by atoms with E-state index in [1.807, 2.05) is 0 Å². The summed E-state index contributed by atoms with van der Waals surface area (Å²) in [6.45, 7) is 4.32. The number of benzene rings is 1. The molecule has 0 heterocycles. The van der Waals surface area contributed by atoms with Crippen LogP contribution in [0.4, 0.5) is 5.69 Å². The number of carbonyl (C=O) groups excluding carboxylic acids is 1. The minimum atomic E-state index is -3.28. The Balaban J connectivity index is 2.16. The molecule has 0 bridgehead atoms. The van der Waals surface area contributed by atoms with Gasteiger partial charge in [0.15, 0.2) is 5.78 Å². The van der Waals surface area contributed by atoms with Gasteiger partial charge in [-0.1, -0.05) is 26.7 Å². The highest BCUT2D eigenvalue weighted by atomic mass is 32.2. The second kappa shape index (κ2) is 5.79. The number of carbonyl (C=O) groups is 1. The van der Waals surface area contributed by atoms with Crippen molar-refractivity contribution in [1.82, 2.24) is 0 Å². The maximum Gasteiger partial charge on any atom is 0.229 e. The second-order valence-electron chi connectivity index (χ2n) is 6.60. The van der Waals surface area contributed by atoms with E-state index >= 15 is 0 Å². The van der Waals surface area contributed by atoms with E-state index in [9.17, 15) is 13.2 Å². The average Bonchev–Trinajstić information content (AvgIpc) is 2.36. The maximum absolute atomic E-state index is 12.7. The molecule has 1 atom stereocenters. The Labute approximate surface area is 127 Å². The summed E-state index contributed by atoms with van der Waals surface area (Å²) in [6.07, 6.45) is 5.42. The zero-order chi connectivity index (χ0) is 15.7. The Bertz CT molecular complexity index is 617. The van der Waals surface area contributed by atoms with Crippen molar-refractivity contribution in [2.45, 2.75) is 39.5 Å². The Kier molecular flexibility index (Phi) is 4.42. The summed E-state index contributed by atoms with van der Waals surface area (Å²) in [5.41, 5.74) is 1.19. The number of rotatable bonds is 4. The Morgan fingerprint density at radius 3 is 2.33 bits per heavy atom. The standard InChI is InChI=1S/C16H23NO3S/c1-16(2)11-5-4-6-14(16)15(18)12-7-9-13(10-8-12)17-21(3,19)20/h7-10,14,17H,4-6,11H2,1-3H3. The molecule has 5 heteroatoms. The quantitative estimate of drug-likeness (QED) is 0.866. The van der Waals surface area contributed by atoms with Gasteiger partial charge >= 0.3 is 0 Å². The number of Topliss-reactive ketones (excluding diaryl/α,β-unsaturated/α-hetero) is 1. The predicted molar refractivity (Wildman–Crippen MR) is 85.0 cm³/mol. The van der Waals surface area contributed by atoms with Crippen LogP contribution in [-0.2, 0) is 10.0 Å². The van der Waals surface area contributed by atoms with E-state index in [0.717, 1.165) is 25.5 Å². The van der Waals surface area contributed by atoms with E-state index in [1.54, 1.807) is 24.3 Å². The van der Waals surface area contributed by atoms with Crippen LogP contribution in [0.5, 0.6) is 0 Å². The molecule has 1 saturated carbocycles. The van der Waals surface area contributed by atoms with Gasteiger partial charge in [0.05, 0.1) is 6.26 Å². The lowest BCUT2D eigenvalue weighted by Crippen LogP contribution is -2.34. The van der Waals surface area contributed by atoms with Crippen molar-refractivity contribution in [3.8, 4) is 0 Å². The fraction of sp³-hybridized carbons (Fsp3) is 0.562. The van der Waals surface area contributed by atoms with Gasteiger partial charge in [-0.3, -0.25) is 9.52 Å². The summed E-state index contributed by atoms with van der Waals surface area (Å²) in [4.78, 5) is 12.7. The fourth-order valence-electron chi connectivity index (χ4n) is 3.10. The molecule has 4 nitrogen and oxygen atoms in total. The van der Waals surface area contributed by atoms with Gasteiger partial charge in [-0.2, -0.15) is 0 Å². The Morgan fingerprint density at radius 1 is 1.19 bits per heavy atom. The van der Waals surface area contributed by atoms with Gasteiger partial charge < -0.3 is 0 Å². The Hall–Kier alpha value is -1.36. The van der Waals surface area contributed by atoms with Crippen molar-refractivity contribution >= 4 is 21.5 Å². The van der Waals surface area contributed by atoms with E-state index in [4.69, 9.17) is 0 Å². The number of sulfonamides is 1. The maximum atomic E-state index is 12.7. The SMILES string of the molecule is CC1(C)CCCCC1C(=O)c1ccc(NS(C)(=O)=O)cc1. The lowest BCUT2D eigenvalue weighted by Gasteiger charge is -2.37. The summed E-state index contributed by atoms with van der Waals surface area (Å²) in [5.74, 6) is 0.227. The van der Waals surface area contributed by atoms with E-state index in [1.165, 1.54) is 6.42 Å². The minimum Gasteiger partial charge on any atom is -0.294 e. The van der Waals surface area contributed by atoms with Gasteiger partial charge in [0, 0.05) is 17.2 Å². The van der Waals surface area contributed by atoms with Crippen molar-refractivity contribution in [3.05, 3.63) is 29.8 Å². The average molecular weight is 309 g/mol. The molecule has 1 fully saturated rings. The van der Waals surface area contributed by atoms with Crippen LogP contribution in [-0.4, -0.2) is 20.5 Å². The first-order valence-electron chi connectivity index (χ1n) is 7.31. The monoisotopic (exact) mass is 309 g/mol. The summed E-state index contributed by atoms with van der Waals surface area (Å²) >= 11 is 0. The van der Waals surface area contributed by atoms with Crippen LogP contribution < -0.4 is 4.72 Å². The number of hydrogen-bond acceptors (Lipinski definition) is 3. The summed E-state index contributed by atoms with van der Waals surface area (Å²) < 4.78 is 24.8. The fourth-order valence-corrected chi connectivity index (χ4v) is 3.66. The zero-order valence-electron chi connectivity index (χ0n) is 12.8. The predicted octanol–water partition coefficient (Wildman–Crippen LogP) is 3.46. The van der Waals surface area contributed by atoms with Crippen molar-refractivity contribution in [2.75, 3.05) is 11.0 Å². The molecule has 21 heavy (non-hydrogen) atoms. The molecule has 1 aliphatic rings. The first-order valence-corrected chi connectivity index (χ1v) is 9.20. The molecule has 0 amide bonds. The molecule has 2 rings (SSSR count). The van der Waals surface area contributed by atoms with Crippen LogP contribution in [0.15, 0.2) is 24.3 Å². The van der Waals surface area contributed by atoms with Crippen LogP contribution in [0.25, 0.3) is 0 Å². The Morgan fingerprint density at radius 2 is 1.81 bits per heavy atom. The van der Waals surface area contributed by atoms with Crippen LogP contribution in [0.3, 0.4) is 0 Å². The highest BCUT2D eigenvalue weighted by Gasteiger charge is 2.37. The summed E-state index contributed by atoms with van der Waals surface area (Å²) in [7, 11) is -3.28.